The lowest BCUT2D eigenvalue weighted by atomic mass is 9.82. The van der Waals surface area contributed by atoms with E-state index in [9.17, 15) is 9.90 Å². The van der Waals surface area contributed by atoms with Gasteiger partial charge in [0.1, 0.15) is 5.82 Å². The molecular weight excluding hydrogens is 294 g/mol. The third kappa shape index (κ3) is 3.90. The smallest absolute Gasteiger partial charge is 0.254 e. The van der Waals surface area contributed by atoms with E-state index in [2.05, 4.69) is 27.5 Å². The molecule has 7 nitrogen and oxygen atoms in total. The van der Waals surface area contributed by atoms with Crippen molar-refractivity contribution in [1.29, 1.82) is 0 Å². The standard InChI is InChI=1S/C16H25N5O2/c1-9-6-11(7-9)19-15-13(14(17)23)8-18-16(21-15)20-10-2-4-12(22)5-3-10/h8-12,22H,2-7H2,1H3,(H2,17,23)(H2,18,19,20,21)/t9-,10-,11+,12-. The van der Waals surface area contributed by atoms with Crippen LogP contribution in [0.4, 0.5) is 11.8 Å². The summed E-state index contributed by atoms with van der Waals surface area (Å²) in [5.41, 5.74) is 5.75. The molecule has 0 unspecified atom stereocenters. The molecule has 0 bridgehead atoms. The van der Waals surface area contributed by atoms with Gasteiger partial charge in [-0.1, -0.05) is 6.92 Å². The number of anilines is 2. The fourth-order valence-corrected chi connectivity index (χ4v) is 3.36. The largest absolute Gasteiger partial charge is 0.393 e. The summed E-state index contributed by atoms with van der Waals surface area (Å²) in [5, 5.41) is 16.2. The topological polar surface area (TPSA) is 113 Å². The molecule has 0 radical (unpaired) electrons. The number of nitrogens with one attached hydrogen (secondary N) is 2. The maximum absolute atomic E-state index is 11.6. The number of nitrogens with two attached hydrogens (primary N) is 1. The molecule has 0 saturated heterocycles. The van der Waals surface area contributed by atoms with Crippen molar-refractivity contribution in [2.75, 3.05) is 10.6 Å². The number of aliphatic hydroxyl groups is 1. The average molecular weight is 319 g/mol. The van der Waals surface area contributed by atoms with E-state index >= 15 is 0 Å². The molecule has 5 N–H and O–H groups in total. The van der Waals surface area contributed by atoms with Gasteiger partial charge in [0.05, 0.1) is 11.7 Å². The van der Waals surface area contributed by atoms with E-state index in [-0.39, 0.29) is 12.1 Å². The monoisotopic (exact) mass is 319 g/mol. The average Bonchev–Trinajstić information content (AvgIpc) is 2.48. The Labute approximate surface area is 136 Å². The lowest BCUT2D eigenvalue weighted by molar-refractivity contribution is 0.1000. The molecule has 1 aromatic heterocycles. The molecular formula is C16H25N5O2. The van der Waals surface area contributed by atoms with E-state index in [1.54, 1.807) is 0 Å². The number of nitrogens with zero attached hydrogens (tertiary/aromatic N) is 2. The molecule has 126 valence electrons. The summed E-state index contributed by atoms with van der Waals surface area (Å²) in [6, 6.07) is 0.602. The van der Waals surface area contributed by atoms with Gasteiger partial charge in [-0.2, -0.15) is 4.98 Å². The van der Waals surface area contributed by atoms with Gasteiger partial charge in [0.2, 0.25) is 5.95 Å². The fraction of sp³-hybridized carbons (Fsp3) is 0.688. The van der Waals surface area contributed by atoms with Crippen molar-refractivity contribution in [1.82, 2.24) is 9.97 Å². The third-order valence-corrected chi connectivity index (χ3v) is 4.80. The maximum Gasteiger partial charge on any atom is 0.254 e. The van der Waals surface area contributed by atoms with E-state index in [1.807, 2.05) is 0 Å². The van der Waals surface area contributed by atoms with Gasteiger partial charge in [-0.25, -0.2) is 4.98 Å². The molecule has 2 saturated carbocycles. The number of rotatable bonds is 5. The highest BCUT2D eigenvalue weighted by Gasteiger charge is 2.27. The van der Waals surface area contributed by atoms with Crippen LogP contribution in [0.1, 0.15) is 55.8 Å². The van der Waals surface area contributed by atoms with Crippen molar-refractivity contribution in [2.24, 2.45) is 11.7 Å². The van der Waals surface area contributed by atoms with Gasteiger partial charge >= 0.3 is 0 Å². The maximum atomic E-state index is 11.6. The molecule has 2 aliphatic carbocycles. The van der Waals surface area contributed by atoms with Gasteiger partial charge in [0, 0.05) is 18.3 Å². The highest BCUT2D eigenvalue weighted by atomic mass is 16.3. The minimum atomic E-state index is -0.521. The molecule has 1 heterocycles. The lowest BCUT2D eigenvalue weighted by Crippen LogP contribution is -2.35. The number of carbonyl (C=O) groups is 1. The van der Waals surface area contributed by atoms with Crippen molar-refractivity contribution >= 4 is 17.7 Å². The van der Waals surface area contributed by atoms with Gasteiger partial charge in [0.25, 0.3) is 5.91 Å². The minimum Gasteiger partial charge on any atom is -0.393 e. The second-order valence-electron chi connectivity index (χ2n) is 6.89. The van der Waals surface area contributed by atoms with E-state index < -0.39 is 5.91 Å². The number of hydrogen-bond donors (Lipinski definition) is 4. The van der Waals surface area contributed by atoms with Gasteiger partial charge in [-0.15, -0.1) is 0 Å². The van der Waals surface area contributed by atoms with Crippen LogP contribution < -0.4 is 16.4 Å². The summed E-state index contributed by atoms with van der Waals surface area (Å²) in [6.07, 6.45) is 6.82. The highest BCUT2D eigenvalue weighted by molar-refractivity contribution is 5.97. The Bertz CT molecular complexity index is 566. The quantitative estimate of drug-likeness (QED) is 0.654. The van der Waals surface area contributed by atoms with Crippen LogP contribution in [-0.4, -0.2) is 39.2 Å². The van der Waals surface area contributed by atoms with Crippen LogP contribution in [-0.2, 0) is 0 Å². The first-order valence-corrected chi connectivity index (χ1v) is 8.39. The van der Waals surface area contributed by atoms with E-state index in [4.69, 9.17) is 5.73 Å². The van der Waals surface area contributed by atoms with E-state index in [0.29, 0.717) is 29.3 Å². The van der Waals surface area contributed by atoms with Crippen LogP contribution in [0.2, 0.25) is 0 Å². The zero-order valence-electron chi connectivity index (χ0n) is 13.5. The molecule has 2 aliphatic rings. The molecule has 3 rings (SSSR count). The van der Waals surface area contributed by atoms with E-state index in [0.717, 1.165) is 38.5 Å². The van der Waals surface area contributed by atoms with Crippen molar-refractivity contribution in [3.8, 4) is 0 Å². The summed E-state index contributed by atoms with van der Waals surface area (Å²) in [6.45, 7) is 2.21. The molecule has 0 aromatic carbocycles. The second-order valence-corrected chi connectivity index (χ2v) is 6.89. The number of primary amides is 1. The molecule has 0 atom stereocenters. The zero-order valence-corrected chi connectivity index (χ0v) is 13.5. The summed E-state index contributed by atoms with van der Waals surface area (Å²) in [5.74, 6) is 1.21. The second kappa shape index (κ2) is 6.70. The summed E-state index contributed by atoms with van der Waals surface area (Å²) >= 11 is 0. The van der Waals surface area contributed by atoms with E-state index in [1.165, 1.54) is 6.20 Å². The van der Waals surface area contributed by atoms with Crippen LogP contribution in [0.15, 0.2) is 6.20 Å². The van der Waals surface area contributed by atoms with Crippen molar-refractivity contribution in [3.63, 3.8) is 0 Å². The molecule has 1 amide bonds. The molecule has 1 aromatic rings. The lowest BCUT2D eigenvalue weighted by Gasteiger charge is -2.34. The van der Waals surface area contributed by atoms with Crippen molar-refractivity contribution in [3.05, 3.63) is 11.8 Å². The van der Waals surface area contributed by atoms with Crippen LogP contribution in [0.25, 0.3) is 0 Å². The first kappa shape index (κ1) is 16.0. The van der Waals surface area contributed by atoms with Crippen molar-refractivity contribution < 1.29 is 9.90 Å². The number of aliphatic hydroxyl groups excluding tert-OH is 1. The van der Waals surface area contributed by atoms with Crippen LogP contribution >= 0.6 is 0 Å². The number of amides is 1. The predicted octanol–water partition coefficient (Wildman–Crippen LogP) is 1.50. The molecule has 7 heteroatoms. The summed E-state index contributed by atoms with van der Waals surface area (Å²) in [7, 11) is 0. The first-order valence-electron chi connectivity index (χ1n) is 8.39. The predicted molar refractivity (Wildman–Crippen MR) is 88.2 cm³/mol. The summed E-state index contributed by atoms with van der Waals surface area (Å²) < 4.78 is 0. The van der Waals surface area contributed by atoms with Crippen LogP contribution in [0.5, 0.6) is 0 Å². The molecule has 0 aliphatic heterocycles. The first-order chi connectivity index (χ1) is 11.0. The fourth-order valence-electron chi connectivity index (χ4n) is 3.36. The Morgan fingerprint density at radius 3 is 2.52 bits per heavy atom. The molecule has 2 fully saturated rings. The normalized spacial score (nSPS) is 30.3. The number of carbonyl (C=O) groups excluding carboxylic acids is 1. The minimum absolute atomic E-state index is 0.191. The van der Waals surface area contributed by atoms with Gasteiger partial charge in [0.15, 0.2) is 0 Å². The van der Waals surface area contributed by atoms with Gasteiger partial charge in [-0.05, 0) is 44.4 Å². The zero-order chi connectivity index (χ0) is 16.4. The van der Waals surface area contributed by atoms with Gasteiger partial charge in [-0.3, -0.25) is 4.79 Å². The molecule has 23 heavy (non-hydrogen) atoms. The van der Waals surface area contributed by atoms with Crippen LogP contribution in [0.3, 0.4) is 0 Å². The SMILES string of the molecule is C[C@H]1C[C@@H](Nc2nc(N[C@H]3CC[C@H](O)CC3)ncc2C(N)=O)C1. The highest BCUT2D eigenvalue weighted by Crippen LogP contribution is 2.30. The Morgan fingerprint density at radius 1 is 1.22 bits per heavy atom. The Hall–Kier alpha value is -1.89. The van der Waals surface area contributed by atoms with Crippen LogP contribution in [0, 0.1) is 5.92 Å². The third-order valence-electron chi connectivity index (χ3n) is 4.80. The Balaban J connectivity index is 1.69. The number of hydrogen-bond acceptors (Lipinski definition) is 6. The number of aromatic nitrogens is 2. The Kier molecular flexibility index (Phi) is 4.66. The van der Waals surface area contributed by atoms with Gasteiger partial charge < -0.3 is 21.5 Å². The van der Waals surface area contributed by atoms with Crippen molar-refractivity contribution in [2.45, 2.75) is 63.6 Å². The summed E-state index contributed by atoms with van der Waals surface area (Å²) in [4.78, 5) is 20.2. The molecule has 0 spiro atoms. The Morgan fingerprint density at radius 2 is 1.91 bits per heavy atom.